The molecule has 0 bridgehead atoms. The maximum absolute atomic E-state index is 5.37. The minimum atomic E-state index is -0.189. The first-order valence-electron chi connectivity index (χ1n) is 10.0. The molecule has 0 aliphatic carbocycles. The van der Waals surface area contributed by atoms with Crippen molar-refractivity contribution in [1.29, 1.82) is 0 Å². The quantitative estimate of drug-likeness (QED) is 0.572. The van der Waals surface area contributed by atoms with Crippen molar-refractivity contribution in [2.75, 3.05) is 6.54 Å². The zero-order valence-corrected chi connectivity index (χ0v) is 18.0. The molecule has 1 spiro atoms. The van der Waals surface area contributed by atoms with Crippen LogP contribution in [-0.2, 0) is 6.42 Å². The van der Waals surface area contributed by atoms with Crippen LogP contribution in [0.1, 0.15) is 29.0 Å². The van der Waals surface area contributed by atoms with Gasteiger partial charge in [-0.25, -0.2) is 0 Å². The Morgan fingerprint density at radius 2 is 1.52 bits per heavy atom. The lowest BCUT2D eigenvalue weighted by molar-refractivity contribution is 0.429. The van der Waals surface area contributed by atoms with Gasteiger partial charge in [0.05, 0.1) is 16.0 Å². The number of hydrogen-bond acceptors (Lipinski definition) is 4. The van der Waals surface area contributed by atoms with E-state index in [4.69, 9.17) is 4.99 Å². The molecule has 146 valence electrons. The van der Waals surface area contributed by atoms with Gasteiger partial charge in [0.1, 0.15) is 4.08 Å². The highest BCUT2D eigenvalue weighted by Crippen LogP contribution is 2.61. The minimum absolute atomic E-state index is 0.0332. The molecule has 0 saturated carbocycles. The number of rotatable bonds is 4. The largest absolute Gasteiger partial charge is 0.299 e. The Hall–Kier alpha value is -2.01. The molecule has 2 heterocycles. The number of aliphatic imine (C=N–C) groups is 1. The summed E-state index contributed by atoms with van der Waals surface area (Å²) in [6.07, 6.45) is 0.938. The molecular weight excluding hydrogens is 392 g/mol. The van der Waals surface area contributed by atoms with Crippen LogP contribution in [0.3, 0.4) is 0 Å². The van der Waals surface area contributed by atoms with Crippen LogP contribution in [0.4, 0.5) is 0 Å². The Kier molecular flexibility index (Phi) is 5.02. The van der Waals surface area contributed by atoms with Gasteiger partial charge in [0.15, 0.2) is 0 Å². The monoisotopic (exact) mass is 416 g/mol. The van der Waals surface area contributed by atoms with Gasteiger partial charge in [-0.3, -0.25) is 10.3 Å². The standard InChI is InChI=1S/C25H24N2S2/c1-24(17-19-11-5-2-6-12-19)25(29-23(27-24)21-15-9-4-10-16-21)18-26-22(28-25)20-13-7-3-8-14-20/h2-16,22,26H,17-18H2,1H3/t22?,24-,25-/m1/s1. The topological polar surface area (TPSA) is 24.4 Å². The van der Waals surface area contributed by atoms with Crippen molar-refractivity contribution in [2.24, 2.45) is 4.99 Å². The molecular formula is C25H24N2S2. The van der Waals surface area contributed by atoms with Crippen molar-refractivity contribution < 1.29 is 0 Å². The second kappa shape index (κ2) is 7.67. The van der Waals surface area contributed by atoms with Gasteiger partial charge < -0.3 is 0 Å². The van der Waals surface area contributed by atoms with Crippen LogP contribution in [0.25, 0.3) is 0 Å². The molecule has 1 N–H and O–H groups in total. The molecule has 5 rings (SSSR count). The Morgan fingerprint density at radius 3 is 2.21 bits per heavy atom. The zero-order chi connectivity index (χ0) is 19.7. The first-order chi connectivity index (χ1) is 14.2. The van der Waals surface area contributed by atoms with E-state index >= 15 is 0 Å². The summed E-state index contributed by atoms with van der Waals surface area (Å²) in [5.41, 5.74) is 3.71. The van der Waals surface area contributed by atoms with Gasteiger partial charge in [0, 0.05) is 12.1 Å². The summed E-state index contributed by atoms with van der Waals surface area (Å²) in [5, 5.41) is 5.24. The molecule has 1 unspecified atom stereocenters. The molecule has 29 heavy (non-hydrogen) atoms. The maximum Gasteiger partial charge on any atom is 0.107 e. The zero-order valence-electron chi connectivity index (χ0n) is 16.4. The lowest BCUT2D eigenvalue weighted by Gasteiger charge is -2.37. The molecule has 1 fully saturated rings. The molecule has 2 aliphatic heterocycles. The van der Waals surface area contributed by atoms with Gasteiger partial charge in [-0.05, 0) is 24.5 Å². The van der Waals surface area contributed by atoms with Crippen molar-refractivity contribution in [3.8, 4) is 0 Å². The number of hydrogen-bond donors (Lipinski definition) is 1. The van der Waals surface area contributed by atoms with Crippen LogP contribution in [0.15, 0.2) is 96.0 Å². The van der Waals surface area contributed by atoms with Gasteiger partial charge in [-0.15, -0.1) is 11.8 Å². The minimum Gasteiger partial charge on any atom is -0.299 e. The highest BCUT2D eigenvalue weighted by Gasteiger charge is 2.58. The summed E-state index contributed by atoms with van der Waals surface area (Å²) in [6.45, 7) is 3.27. The highest BCUT2D eigenvalue weighted by atomic mass is 32.2. The highest BCUT2D eigenvalue weighted by molar-refractivity contribution is 8.27. The van der Waals surface area contributed by atoms with E-state index in [1.807, 2.05) is 23.5 Å². The Bertz CT molecular complexity index is 1010. The van der Waals surface area contributed by atoms with Gasteiger partial charge in [0.25, 0.3) is 0 Å². The second-order valence-corrected chi connectivity index (χ2v) is 10.8. The third kappa shape index (κ3) is 3.54. The first kappa shape index (κ1) is 19.0. The fourth-order valence-electron chi connectivity index (χ4n) is 4.16. The van der Waals surface area contributed by atoms with Crippen LogP contribution in [0.5, 0.6) is 0 Å². The van der Waals surface area contributed by atoms with E-state index in [9.17, 15) is 0 Å². The summed E-state index contributed by atoms with van der Waals surface area (Å²) in [5.74, 6) is 0. The molecule has 1 saturated heterocycles. The second-order valence-electron chi connectivity index (χ2n) is 7.86. The number of nitrogens with zero attached hydrogens (tertiary/aromatic N) is 1. The third-order valence-corrected chi connectivity index (χ3v) is 9.39. The molecule has 3 atom stereocenters. The lowest BCUT2D eigenvalue weighted by atomic mass is 9.89. The molecule has 3 aromatic carbocycles. The van der Waals surface area contributed by atoms with Crippen LogP contribution in [-0.4, -0.2) is 21.2 Å². The predicted molar refractivity (Wildman–Crippen MR) is 127 cm³/mol. The SMILES string of the molecule is C[C@]1(Cc2ccccc2)N=C(c2ccccc2)S[C@]12CNC(c1ccccc1)S2. The van der Waals surface area contributed by atoms with Crippen molar-refractivity contribution in [3.05, 3.63) is 108 Å². The van der Waals surface area contributed by atoms with E-state index in [0.717, 1.165) is 18.0 Å². The van der Waals surface area contributed by atoms with Crippen molar-refractivity contribution >= 4 is 28.6 Å². The molecule has 0 amide bonds. The fraction of sp³-hybridized carbons (Fsp3) is 0.240. The number of nitrogens with one attached hydrogen (secondary N) is 1. The molecule has 0 aromatic heterocycles. The van der Waals surface area contributed by atoms with E-state index in [0.29, 0.717) is 5.37 Å². The normalized spacial score (nSPS) is 28.6. The Labute approximate surface area is 181 Å². The summed E-state index contributed by atoms with van der Waals surface area (Å²) >= 11 is 3.98. The fourth-order valence-corrected chi connectivity index (χ4v) is 7.57. The Balaban J connectivity index is 1.51. The van der Waals surface area contributed by atoms with Gasteiger partial charge >= 0.3 is 0 Å². The average molecular weight is 417 g/mol. The predicted octanol–water partition coefficient (Wildman–Crippen LogP) is 5.91. The summed E-state index contributed by atoms with van der Waals surface area (Å²) < 4.78 is -0.0332. The van der Waals surface area contributed by atoms with E-state index in [2.05, 4.69) is 103 Å². The number of benzene rings is 3. The van der Waals surface area contributed by atoms with E-state index < -0.39 is 0 Å². The van der Waals surface area contributed by atoms with Crippen LogP contribution < -0.4 is 5.32 Å². The summed E-state index contributed by atoms with van der Waals surface area (Å²) in [4.78, 5) is 5.37. The van der Waals surface area contributed by atoms with E-state index in [1.165, 1.54) is 16.7 Å². The summed E-state index contributed by atoms with van der Waals surface area (Å²) in [6, 6.07) is 32.2. The number of thioether (sulfide) groups is 2. The maximum atomic E-state index is 5.37. The third-order valence-electron chi connectivity index (χ3n) is 5.77. The summed E-state index contributed by atoms with van der Waals surface area (Å²) in [7, 11) is 0. The molecule has 0 radical (unpaired) electrons. The molecule has 4 heteroatoms. The Morgan fingerprint density at radius 1 is 0.897 bits per heavy atom. The van der Waals surface area contributed by atoms with Gasteiger partial charge in [0.2, 0.25) is 0 Å². The molecule has 2 aliphatic rings. The van der Waals surface area contributed by atoms with Crippen molar-refractivity contribution in [2.45, 2.75) is 28.3 Å². The van der Waals surface area contributed by atoms with E-state index in [-0.39, 0.29) is 9.62 Å². The van der Waals surface area contributed by atoms with Gasteiger partial charge in [-0.2, -0.15) is 0 Å². The molecule has 3 aromatic rings. The van der Waals surface area contributed by atoms with E-state index in [1.54, 1.807) is 0 Å². The van der Waals surface area contributed by atoms with Crippen LogP contribution in [0, 0.1) is 0 Å². The lowest BCUT2D eigenvalue weighted by Crippen LogP contribution is -2.46. The average Bonchev–Trinajstić information content (AvgIpc) is 3.32. The van der Waals surface area contributed by atoms with Crippen molar-refractivity contribution in [3.63, 3.8) is 0 Å². The first-order valence-corrected chi connectivity index (χ1v) is 11.7. The van der Waals surface area contributed by atoms with Crippen LogP contribution >= 0.6 is 23.5 Å². The van der Waals surface area contributed by atoms with Gasteiger partial charge in [-0.1, -0.05) is 103 Å². The smallest absolute Gasteiger partial charge is 0.107 e. The molecule has 2 nitrogen and oxygen atoms in total. The van der Waals surface area contributed by atoms with Crippen molar-refractivity contribution in [1.82, 2.24) is 5.32 Å². The van der Waals surface area contributed by atoms with Crippen LogP contribution in [0.2, 0.25) is 0 Å².